The van der Waals surface area contributed by atoms with Gasteiger partial charge in [0.2, 0.25) is 0 Å². The average Bonchev–Trinajstić information content (AvgIpc) is 2.37. The molecule has 0 unspecified atom stereocenters. The molecule has 20 heavy (non-hydrogen) atoms. The maximum absolute atomic E-state index is 2.52. The third kappa shape index (κ3) is 16.0. The lowest BCUT2D eigenvalue weighted by atomic mass is 10.1. The van der Waals surface area contributed by atoms with E-state index >= 15 is 0 Å². The highest BCUT2D eigenvalue weighted by Crippen LogP contribution is 2.08. The number of nitrogens with zero attached hydrogens (tertiary/aromatic N) is 2. The summed E-state index contributed by atoms with van der Waals surface area (Å²) in [6.45, 7) is 6.15. The third-order valence-electron chi connectivity index (χ3n) is 4.01. The molecule has 0 aliphatic carbocycles. The predicted octanol–water partition coefficient (Wildman–Crippen LogP) is 4.55. The standard InChI is InChI=1S/C18H41N2/c1-6-7-8-9-10-11-12-13-16-19(2)17-14-15-18-20(3,4)5/h6-18H2,1-5H3/q+1. The van der Waals surface area contributed by atoms with E-state index in [1.54, 1.807) is 0 Å². The van der Waals surface area contributed by atoms with Crippen LogP contribution in [-0.2, 0) is 0 Å². The molecule has 0 aromatic carbocycles. The largest absolute Gasteiger partial charge is 0.331 e. The number of rotatable bonds is 14. The first-order valence-electron chi connectivity index (χ1n) is 8.94. The lowest BCUT2D eigenvalue weighted by Gasteiger charge is -2.24. The van der Waals surface area contributed by atoms with E-state index in [9.17, 15) is 0 Å². The molecule has 0 atom stereocenters. The molecule has 2 nitrogen and oxygen atoms in total. The zero-order chi connectivity index (χ0) is 15.3. The highest BCUT2D eigenvalue weighted by Gasteiger charge is 2.06. The Morgan fingerprint density at radius 3 is 1.60 bits per heavy atom. The van der Waals surface area contributed by atoms with Gasteiger partial charge in [-0.05, 0) is 39.4 Å². The van der Waals surface area contributed by atoms with Crippen LogP contribution in [0.5, 0.6) is 0 Å². The van der Waals surface area contributed by atoms with E-state index < -0.39 is 0 Å². The topological polar surface area (TPSA) is 3.24 Å². The quantitative estimate of drug-likeness (QED) is 0.334. The molecule has 0 rings (SSSR count). The number of quaternary nitrogens is 1. The molecular formula is C18H41N2+. The molecule has 0 saturated carbocycles. The molecule has 0 amide bonds. The lowest BCUT2D eigenvalue weighted by molar-refractivity contribution is -0.870. The predicted molar refractivity (Wildman–Crippen MR) is 92.2 cm³/mol. The van der Waals surface area contributed by atoms with E-state index in [1.165, 1.54) is 83.8 Å². The Morgan fingerprint density at radius 2 is 1.10 bits per heavy atom. The van der Waals surface area contributed by atoms with Gasteiger partial charge in [-0.2, -0.15) is 0 Å². The molecule has 0 fully saturated rings. The van der Waals surface area contributed by atoms with Crippen LogP contribution in [0.4, 0.5) is 0 Å². The maximum atomic E-state index is 2.52. The van der Waals surface area contributed by atoms with Gasteiger partial charge < -0.3 is 9.38 Å². The summed E-state index contributed by atoms with van der Waals surface area (Å²) in [5, 5.41) is 0. The van der Waals surface area contributed by atoms with Crippen LogP contribution in [0.3, 0.4) is 0 Å². The fraction of sp³-hybridized carbons (Fsp3) is 1.00. The molecule has 0 saturated heterocycles. The van der Waals surface area contributed by atoms with Crippen LogP contribution in [0.25, 0.3) is 0 Å². The van der Waals surface area contributed by atoms with Crippen molar-refractivity contribution in [1.29, 1.82) is 0 Å². The molecule has 0 aliphatic heterocycles. The van der Waals surface area contributed by atoms with Crippen molar-refractivity contribution >= 4 is 0 Å². The summed E-state index contributed by atoms with van der Waals surface area (Å²) in [6.07, 6.45) is 14.1. The Kier molecular flexibility index (Phi) is 12.6. The van der Waals surface area contributed by atoms with Crippen LogP contribution < -0.4 is 0 Å². The van der Waals surface area contributed by atoms with Crippen molar-refractivity contribution in [3.63, 3.8) is 0 Å². The van der Waals surface area contributed by atoms with Crippen LogP contribution in [0.1, 0.15) is 71.1 Å². The molecule has 0 N–H and O–H groups in total. The van der Waals surface area contributed by atoms with Gasteiger partial charge in [0.1, 0.15) is 0 Å². The Balaban J connectivity index is 3.22. The molecule has 0 spiro atoms. The minimum atomic E-state index is 1.10. The highest BCUT2D eigenvalue weighted by molar-refractivity contribution is 4.53. The minimum absolute atomic E-state index is 1.10. The van der Waals surface area contributed by atoms with Crippen molar-refractivity contribution in [1.82, 2.24) is 4.90 Å². The average molecular weight is 286 g/mol. The lowest BCUT2D eigenvalue weighted by Crippen LogP contribution is -2.35. The van der Waals surface area contributed by atoms with E-state index in [2.05, 4.69) is 40.0 Å². The van der Waals surface area contributed by atoms with Gasteiger partial charge in [-0.25, -0.2) is 0 Å². The van der Waals surface area contributed by atoms with Gasteiger partial charge >= 0.3 is 0 Å². The van der Waals surface area contributed by atoms with E-state index in [4.69, 9.17) is 0 Å². The second-order valence-electron chi connectivity index (χ2n) is 7.50. The third-order valence-corrected chi connectivity index (χ3v) is 4.01. The summed E-state index contributed by atoms with van der Waals surface area (Å²) in [4.78, 5) is 2.52. The van der Waals surface area contributed by atoms with Crippen molar-refractivity contribution in [2.45, 2.75) is 71.1 Å². The fourth-order valence-corrected chi connectivity index (χ4v) is 2.60. The van der Waals surface area contributed by atoms with Gasteiger partial charge in [0.05, 0.1) is 27.7 Å². The summed E-state index contributed by atoms with van der Waals surface area (Å²) in [7, 11) is 9.13. The number of unbranched alkanes of at least 4 members (excludes halogenated alkanes) is 8. The van der Waals surface area contributed by atoms with Crippen molar-refractivity contribution in [2.75, 3.05) is 47.8 Å². The molecule has 0 heterocycles. The smallest absolute Gasteiger partial charge is 0.0780 e. The Labute approximate surface area is 129 Å². The molecular weight excluding hydrogens is 244 g/mol. The molecule has 0 radical (unpaired) electrons. The van der Waals surface area contributed by atoms with Crippen molar-refractivity contribution < 1.29 is 4.48 Å². The second-order valence-corrected chi connectivity index (χ2v) is 7.50. The van der Waals surface area contributed by atoms with Gasteiger partial charge in [0.25, 0.3) is 0 Å². The van der Waals surface area contributed by atoms with Crippen LogP contribution >= 0.6 is 0 Å². The van der Waals surface area contributed by atoms with Crippen LogP contribution in [0.15, 0.2) is 0 Å². The van der Waals surface area contributed by atoms with Gasteiger partial charge in [-0.15, -0.1) is 0 Å². The molecule has 0 aromatic rings. The first kappa shape index (κ1) is 19.9. The first-order chi connectivity index (χ1) is 9.45. The van der Waals surface area contributed by atoms with E-state index in [1.807, 2.05) is 0 Å². The normalized spacial score (nSPS) is 12.3. The number of hydrogen-bond donors (Lipinski definition) is 0. The Bertz CT molecular complexity index is 196. The summed E-state index contributed by atoms with van der Waals surface area (Å²) in [5.74, 6) is 0. The minimum Gasteiger partial charge on any atom is -0.331 e. The van der Waals surface area contributed by atoms with E-state index in [0.717, 1.165) is 4.48 Å². The maximum Gasteiger partial charge on any atom is 0.0780 e. The van der Waals surface area contributed by atoms with E-state index in [0.29, 0.717) is 0 Å². The highest BCUT2D eigenvalue weighted by atomic mass is 15.3. The molecule has 0 bridgehead atoms. The molecule has 122 valence electrons. The van der Waals surface area contributed by atoms with E-state index in [-0.39, 0.29) is 0 Å². The Hall–Kier alpha value is -0.0800. The molecule has 0 aliphatic rings. The first-order valence-corrected chi connectivity index (χ1v) is 8.94. The summed E-state index contributed by atoms with van der Waals surface area (Å²) < 4.78 is 1.10. The summed E-state index contributed by atoms with van der Waals surface area (Å²) in [6, 6.07) is 0. The van der Waals surface area contributed by atoms with Crippen molar-refractivity contribution in [3.05, 3.63) is 0 Å². The fourth-order valence-electron chi connectivity index (χ4n) is 2.60. The van der Waals surface area contributed by atoms with Crippen LogP contribution in [0, 0.1) is 0 Å². The zero-order valence-corrected chi connectivity index (χ0v) is 15.1. The van der Waals surface area contributed by atoms with Gasteiger partial charge in [0.15, 0.2) is 0 Å². The second kappa shape index (κ2) is 12.6. The molecule has 0 aromatic heterocycles. The Morgan fingerprint density at radius 1 is 0.650 bits per heavy atom. The van der Waals surface area contributed by atoms with Crippen LogP contribution in [-0.4, -0.2) is 57.2 Å². The van der Waals surface area contributed by atoms with Gasteiger partial charge in [-0.3, -0.25) is 0 Å². The van der Waals surface area contributed by atoms with Crippen LogP contribution in [0.2, 0.25) is 0 Å². The van der Waals surface area contributed by atoms with Crippen molar-refractivity contribution in [2.24, 2.45) is 0 Å². The monoisotopic (exact) mass is 285 g/mol. The van der Waals surface area contributed by atoms with Gasteiger partial charge in [0, 0.05) is 0 Å². The van der Waals surface area contributed by atoms with Gasteiger partial charge in [-0.1, -0.05) is 51.9 Å². The summed E-state index contributed by atoms with van der Waals surface area (Å²) in [5.41, 5.74) is 0. The molecule has 2 heteroatoms. The number of hydrogen-bond acceptors (Lipinski definition) is 1. The summed E-state index contributed by atoms with van der Waals surface area (Å²) >= 11 is 0. The SMILES string of the molecule is CCCCCCCCCCN(C)CCCC[N+](C)(C)C. The van der Waals surface area contributed by atoms with Crippen molar-refractivity contribution in [3.8, 4) is 0 Å². The zero-order valence-electron chi connectivity index (χ0n) is 15.1.